The van der Waals surface area contributed by atoms with Gasteiger partial charge in [0.15, 0.2) is 0 Å². The van der Waals surface area contributed by atoms with Crippen LogP contribution in [0, 0.1) is 5.92 Å². The Bertz CT molecular complexity index is 311. The molecule has 0 bridgehead atoms. The third kappa shape index (κ3) is 3.02. The Kier molecular flexibility index (Phi) is 3.36. The quantitative estimate of drug-likeness (QED) is 0.747. The van der Waals surface area contributed by atoms with Crippen LogP contribution in [-0.4, -0.2) is 26.2 Å². The SMILES string of the molecule is Cn1cc(CC2CCCCC(O)C2)nn1. The van der Waals surface area contributed by atoms with Gasteiger partial charge in [0.2, 0.25) is 0 Å². The summed E-state index contributed by atoms with van der Waals surface area (Å²) in [4.78, 5) is 0. The van der Waals surface area contributed by atoms with Gasteiger partial charge in [-0.3, -0.25) is 4.68 Å². The lowest BCUT2D eigenvalue weighted by Gasteiger charge is -2.14. The minimum Gasteiger partial charge on any atom is -0.393 e. The van der Waals surface area contributed by atoms with Crippen LogP contribution in [0.1, 0.15) is 37.8 Å². The number of aliphatic hydroxyl groups excluding tert-OH is 1. The summed E-state index contributed by atoms with van der Waals surface area (Å²) in [5.74, 6) is 0.583. The highest BCUT2D eigenvalue weighted by Crippen LogP contribution is 2.25. The number of hydrogen-bond donors (Lipinski definition) is 1. The maximum absolute atomic E-state index is 9.70. The minimum absolute atomic E-state index is 0.103. The molecule has 1 aliphatic carbocycles. The Hall–Kier alpha value is -0.900. The lowest BCUT2D eigenvalue weighted by Crippen LogP contribution is -2.12. The molecular formula is C11H19N3O. The van der Waals surface area contributed by atoms with E-state index >= 15 is 0 Å². The van der Waals surface area contributed by atoms with Crippen LogP contribution in [0.25, 0.3) is 0 Å². The van der Waals surface area contributed by atoms with Crippen molar-refractivity contribution in [3.05, 3.63) is 11.9 Å². The smallest absolute Gasteiger partial charge is 0.0829 e. The summed E-state index contributed by atoms with van der Waals surface area (Å²) < 4.78 is 1.74. The highest BCUT2D eigenvalue weighted by molar-refractivity contribution is 4.94. The highest BCUT2D eigenvalue weighted by Gasteiger charge is 2.19. The van der Waals surface area contributed by atoms with E-state index < -0.39 is 0 Å². The van der Waals surface area contributed by atoms with Gasteiger partial charge in [-0.25, -0.2) is 0 Å². The van der Waals surface area contributed by atoms with Crippen molar-refractivity contribution in [3.63, 3.8) is 0 Å². The molecule has 1 fully saturated rings. The first-order chi connectivity index (χ1) is 7.24. The van der Waals surface area contributed by atoms with Gasteiger partial charge in [0, 0.05) is 13.2 Å². The van der Waals surface area contributed by atoms with Gasteiger partial charge >= 0.3 is 0 Å². The van der Waals surface area contributed by atoms with E-state index in [1.54, 1.807) is 4.68 Å². The predicted molar refractivity (Wildman–Crippen MR) is 57.3 cm³/mol. The molecule has 1 N–H and O–H groups in total. The molecular weight excluding hydrogens is 190 g/mol. The summed E-state index contributed by atoms with van der Waals surface area (Å²) >= 11 is 0. The van der Waals surface area contributed by atoms with Crippen molar-refractivity contribution >= 4 is 0 Å². The van der Waals surface area contributed by atoms with Gasteiger partial charge in [-0.15, -0.1) is 5.10 Å². The number of nitrogens with zero attached hydrogens (tertiary/aromatic N) is 3. The van der Waals surface area contributed by atoms with E-state index in [2.05, 4.69) is 10.3 Å². The summed E-state index contributed by atoms with van der Waals surface area (Å²) in [6.45, 7) is 0. The van der Waals surface area contributed by atoms with Crippen molar-refractivity contribution in [1.82, 2.24) is 15.0 Å². The van der Waals surface area contributed by atoms with Gasteiger partial charge in [-0.1, -0.05) is 18.1 Å². The maximum atomic E-state index is 9.70. The first-order valence-electron chi connectivity index (χ1n) is 5.77. The zero-order chi connectivity index (χ0) is 10.7. The fourth-order valence-electron chi connectivity index (χ4n) is 2.40. The van der Waals surface area contributed by atoms with E-state index in [1.807, 2.05) is 13.2 Å². The normalized spacial score (nSPS) is 27.6. The number of hydrogen-bond acceptors (Lipinski definition) is 3. The Morgan fingerprint density at radius 2 is 2.27 bits per heavy atom. The van der Waals surface area contributed by atoms with E-state index in [1.165, 1.54) is 12.8 Å². The van der Waals surface area contributed by atoms with Crippen LogP contribution in [0.3, 0.4) is 0 Å². The Morgan fingerprint density at radius 3 is 3.00 bits per heavy atom. The molecule has 2 unspecified atom stereocenters. The number of rotatable bonds is 2. The molecule has 1 aromatic rings. The van der Waals surface area contributed by atoms with Crippen LogP contribution in [0.5, 0.6) is 0 Å². The molecule has 84 valence electrons. The van der Waals surface area contributed by atoms with Gasteiger partial charge in [0.1, 0.15) is 0 Å². The Balaban J connectivity index is 1.92. The topological polar surface area (TPSA) is 50.9 Å². The maximum Gasteiger partial charge on any atom is 0.0829 e. The molecule has 0 radical (unpaired) electrons. The lowest BCUT2D eigenvalue weighted by molar-refractivity contribution is 0.141. The van der Waals surface area contributed by atoms with Gasteiger partial charge < -0.3 is 5.11 Å². The first-order valence-corrected chi connectivity index (χ1v) is 5.77. The summed E-state index contributed by atoms with van der Waals surface area (Å²) in [6, 6.07) is 0. The van der Waals surface area contributed by atoms with Crippen LogP contribution >= 0.6 is 0 Å². The zero-order valence-corrected chi connectivity index (χ0v) is 9.26. The molecule has 0 amide bonds. The van der Waals surface area contributed by atoms with Crippen molar-refractivity contribution < 1.29 is 5.11 Å². The first kappa shape index (κ1) is 10.6. The summed E-state index contributed by atoms with van der Waals surface area (Å²) in [6.07, 6.45) is 8.35. The summed E-state index contributed by atoms with van der Waals surface area (Å²) in [5, 5.41) is 17.7. The van der Waals surface area contributed by atoms with Crippen LogP contribution in [0.2, 0.25) is 0 Å². The van der Waals surface area contributed by atoms with Crippen molar-refractivity contribution in [2.75, 3.05) is 0 Å². The van der Waals surface area contributed by atoms with E-state index in [9.17, 15) is 5.11 Å². The van der Waals surface area contributed by atoms with Gasteiger partial charge in [0.05, 0.1) is 11.8 Å². The number of aliphatic hydroxyl groups is 1. The third-order valence-electron chi connectivity index (χ3n) is 3.15. The van der Waals surface area contributed by atoms with Crippen LogP contribution < -0.4 is 0 Å². The molecule has 1 saturated carbocycles. The van der Waals surface area contributed by atoms with E-state index in [0.717, 1.165) is 31.4 Å². The van der Waals surface area contributed by atoms with Gasteiger partial charge in [-0.2, -0.15) is 0 Å². The Labute approximate surface area is 90.3 Å². The standard InChI is InChI=1S/C11H19N3O/c1-14-8-10(12-13-14)6-9-4-2-3-5-11(15)7-9/h8-9,11,15H,2-7H2,1H3. The molecule has 0 saturated heterocycles. The average molecular weight is 209 g/mol. The average Bonchev–Trinajstić information content (AvgIpc) is 2.46. The largest absolute Gasteiger partial charge is 0.393 e. The molecule has 2 atom stereocenters. The molecule has 1 aliphatic rings. The van der Waals surface area contributed by atoms with Crippen LogP contribution in [0.15, 0.2) is 6.20 Å². The van der Waals surface area contributed by atoms with Gasteiger partial charge in [-0.05, 0) is 31.6 Å². The second-order valence-corrected chi connectivity index (χ2v) is 4.63. The third-order valence-corrected chi connectivity index (χ3v) is 3.15. The molecule has 4 heteroatoms. The summed E-state index contributed by atoms with van der Waals surface area (Å²) in [7, 11) is 1.89. The van der Waals surface area contributed by atoms with Crippen molar-refractivity contribution in [3.8, 4) is 0 Å². The molecule has 0 aliphatic heterocycles. The van der Waals surface area contributed by atoms with Crippen LogP contribution in [0.4, 0.5) is 0 Å². The second-order valence-electron chi connectivity index (χ2n) is 4.63. The fourth-order valence-corrected chi connectivity index (χ4v) is 2.40. The lowest BCUT2D eigenvalue weighted by atomic mass is 9.94. The molecule has 0 spiro atoms. The van der Waals surface area contributed by atoms with E-state index in [4.69, 9.17) is 0 Å². The van der Waals surface area contributed by atoms with Crippen molar-refractivity contribution in [1.29, 1.82) is 0 Å². The zero-order valence-electron chi connectivity index (χ0n) is 9.26. The Morgan fingerprint density at radius 1 is 1.47 bits per heavy atom. The summed E-state index contributed by atoms with van der Waals surface area (Å²) in [5.41, 5.74) is 1.05. The number of aryl methyl sites for hydroxylation is 1. The highest BCUT2D eigenvalue weighted by atomic mass is 16.3. The predicted octanol–water partition coefficient (Wildman–Crippen LogP) is 1.30. The monoisotopic (exact) mass is 209 g/mol. The van der Waals surface area contributed by atoms with Crippen molar-refractivity contribution in [2.45, 2.75) is 44.6 Å². The molecule has 4 nitrogen and oxygen atoms in total. The molecule has 1 heterocycles. The minimum atomic E-state index is -0.103. The van der Waals surface area contributed by atoms with Crippen molar-refractivity contribution in [2.24, 2.45) is 13.0 Å². The van der Waals surface area contributed by atoms with Crippen LogP contribution in [-0.2, 0) is 13.5 Å². The number of aromatic nitrogens is 3. The second kappa shape index (κ2) is 4.75. The van der Waals surface area contributed by atoms with E-state index in [0.29, 0.717) is 5.92 Å². The molecule has 0 aromatic carbocycles. The van der Waals surface area contributed by atoms with Gasteiger partial charge in [0.25, 0.3) is 0 Å². The molecule has 1 aromatic heterocycles. The molecule has 15 heavy (non-hydrogen) atoms. The molecule has 2 rings (SSSR count). The fraction of sp³-hybridized carbons (Fsp3) is 0.818. The van der Waals surface area contributed by atoms with E-state index in [-0.39, 0.29) is 6.10 Å².